The highest BCUT2D eigenvalue weighted by Gasteiger charge is 2.16. The maximum atomic E-state index is 12.4. The molecule has 6 heteroatoms. The summed E-state index contributed by atoms with van der Waals surface area (Å²) in [7, 11) is 1.48. The molecule has 0 aliphatic heterocycles. The zero-order valence-corrected chi connectivity index (χ0v) is 14.5. The van der Waals surface area contributed by atoms with Gasteiger partial charge in [-0.05, 0) is 36.2 Å². The first-order valence-corrected chi connectivity index (χ1v) is 8.04. The Kier molecular flexibility index (Phi) is 4.58. The highest BCUT2D eigenvalue weighted by atomic mass is 16.4. The molecule has 1 heterocycles. The van der Waals surface area contributed by atoms with Gasteiger partial charge in [0.1, 0.15) is 5.58 Å². The second kappa shape index (κ2) is 6.84. The summed E-state index contributed by atoms with van der Waals surface area (Å²) in [6, 6.07) is 14.1. The fraction of sp³-hybridized carbons (Fsp3) is 0.150. The van der Waals surface area contributed by atoms with Gasteiger partial charge < -0.3 is 15.1 Å². The van der Waals surface area contributed by atoms with Crippen molar-refractivity contribution in [1.82, 2.24) is 4.90 Å². The van der Waals surface area contributed by atoms with Gasteiger partial charge in [-0.3, -0.25) is 9.59 Å². The lowest BCUT2D eigenvalue weighted by Crippen LogP contribution is -2.35. The van der Waals surface area contributed by atoms with Crippen LogP contribution in [0.1, 0.15) is 15.9 Å². The average molecular weight is 350 g/mol. The highest BCUT2D eigenvalue weighted by molar-refractivity contribution is 6.01. The normalized spacial score (nSPS) is 10.7. The van der Waals surface area contributed by atoms with Crippen molar-refractivity contribution < 1.29 is 14.0 Å². The van der Waals surface area contributed by atoms with Gasteiger partial charge in [0.25, 0.3) is 5.91 Å². The number of carbonyl (C=O) groups is 2. The first-order chi connectivity index (χ1) is 12.4. The van der Waals surface area contributed by atoms with Crippen LogP contribution in [0.2, 0.25) is 0 Å². The third-order valence-electron chi connectivity index (χ3n) is 4.17. The molecule has 1 aromatic heterocycles. The van der Waals surface area contributed by atoms with Crippen LogP contribution < -0.4 is 11.4 Å². The number of primary amides is 1. The topological polar surface area (TPSA) is 93.6 Å². The van der Waals surface area contributed by atoms with Crippen LogP contribution in [0, 0.1) is 6.92 Å². The number of aryl methyl sites for hydroxylation is 1. The minimum Gasteiger partial charge on any atom is -0.423 e. The van der Waals surface area contributed by atoms with E-state index in [2.05, 4.69) is 0 Å². The van der Waals surface area contributed by atoms with Crippen molar-refractivity contribution in [2.24, 2.45) is 5.73 Å². The van der Waals surface area contributed by atoms with Crippen LogP contribution in [0.3, 0.4) is 0 Å². The molecule has 3 aromatic rings. The van der Waals surface area contributed by atoms with Gasteiger partial charge in [-0.1, -0.05) is 24.3 Å². The summed E-state index contributed by atoms with van der Waals surface area (Å²) in [6.45, 7) is 1.77. The molecular weight excluding hydrogens is 332 g/mol. The van der Waals surface area contributed by atoms with Gasteiger partial charge in [0.15, 0.2) is 0 Å². The van der Waals surface area contributed by atoms with E-state index < -0.39 is 11.5 Å². The Labute approximate surface area is 149 Å². The van der Waals surface area contributed by atoms with Gasteiger partial charge >= 0.3 is 5.63 Å². The third-order valence-corrected chi connectivity index (χ3v) is 4.17. The fourth-order valence-electron chi connectivity index (χ4n) is 2.92. The van der Waals surface area contributed by atoms with E-state index in [0.717, 1.165) is 22.1 Å². The number of carbonyl (C=O) groups excluding carboxylic acids is 2. The standard InChI is InChI=1S/C20H18N2O4/c1-12-5-3-4-6-14(12)16-10-19(24)26-17-9-13(7-8-15(16)17)20(25)22(2)11-18(21)23/h3-10H,11H2,1-2H3,(H2,21,23). The number of nitrogens with two attached hydrogens (primary N) is 1. The summed E-state index contributed by atoms with van der Waals surface area (Å²) >= 11 is 0. The predicted molar refractivity (Wildman–Crippen MR) is 98.8 cm³/mol. The van der Waals surface area contributed by atoms with Crippen molar-refractivity contribution in [2.75, 3.05) is 13.6 Å². The van der Waals surface area contributed by atoms with Crippen LogP contribution in [0.25, 0.3) is 22.1 Å². The summed E-state index contributed by atoms with van der Waals surface area (Å²) < 4.78 is 5.30. The van der Waals surface area contributed by atoms with Crippen molar-refractivity contribution in [1.29, 1.82) is 0 Å². The van der Waals surface area contributed by atoms with Gasteiger partial charge in [-0.15, -0.1) is 0 Å². The predicted octanol–water partition coefficient (Wildman–Crippen LogP) is 2.33. The Hall–Kier alpha value is -3.41. The van der Waals surface area contributed by atoms with E-state index in [4.69, 9.17) is 10.2 Å². The molecule has 0 aliphatic rings. The maximum Gasteiger partial charge on any atom is 0.336 e. The van der Waals surface area contributed by atoms with Crippen molar-refractivity contribution in [2.45, 2.75) is 6.92 Å². The maximum absolute atomic E-state index is 12.4. The Balaban J connectivity index is 2.12. The molecule has 26 heavy (non-hydrogen) atoms. The number of hydrogen-bond donors (Lipinski definition) is 1. The van der Waals surface area contributed by atoms with Crippen molar-refractivity contribution in [3.8, 4) is 11.1 Å². The van der Waals surface area contributed by atoms with E-state index in [9.17, 15) is 14.4 Å². The van der Waals surface area contributed by atoms with Crippen LogP contribution >= 0.6 is 0 Å². The molecule has 0 bridgehead atoms. The quantitative estimate of drug-likeness (QED) is 0.731. The van der Waals surface area contributed by atoms with Crippen LogP contribution in [0.5, 0.6) is 0 Å². The smallest absolute Gasteiger partial charge is 0.336 e. The lowest BCUT2D eigenvalue weighted by atomic mass is 9.97. The third kappa shape index (κ3) is 3.35. The van der Waals surface area contributed by atoms with Gasteiger partial charge in [0.2, 0.25) is 5.91 Å². The highest BCUT2D eigenvalue weighted by Crippen LogP contribution is 2.30. The van der Waals surface area contributed by atoms with Gasteiger partial charge in [-0.2, -0.15) is 0 Å². The number of nitrogens with zero attached hydrogens (tertiary/aromatic N) is 1. The van der Waals surface area contributed by atoms with E-state index >= 15 is 0 Å². The molecule has 2 amide bonds. The summed E-state index contributed by atoms with van der Waals surface area (Å²) in [5.41, 5.74) is 7.96. The van der Waals surface area contributed by atoms with E-state index in [1.165, 1.54) is 24.1 Å². The Bertz CT molecular complexity index is 1070. The van der Waals surface area contributed by atoms with Crippen molar-refractivity contribution in [3.05, 3.63) is 70.1 Å². The van der Waals surface area contributed by atoms with Crippen molar-refractivity contribution in [3.63, 3.8) is 0 Å². The van der Waals surface area contributed by atoms with Crippen LogP contribution in [0.4, 0.5) is 0 Å². The number of fused-ring (bicyclic) bond motifs is 1. The molecule has 3 rings (SSSR count). The monoisotopic (exact) mass is 350 g/mol. The largest absolute Gasteiger partial charge is 0.423 e. The molecular formula is C20H18N2O4. The Morgan fingerprint density at radius 1 is 1.08 bits per heavy atom. The van der Waals surface area contributed by atoms with Crippen LogP contribution in [0.15, 0.2) is 57.7 Å². The van der Waals surface area contributed by atoms with E-state index in [0.29, 0.717) is 11.1 Å². The molecule has 0 saturated heterocycles. The molecule has 0 aliphatic carbocycles. The first-order valence-electron chi connectivity index (χ1n) is 8.04. The zero-order valence-electron chi connectivity index (χ0n) is 14.5. The summed E-state index contributed by atoms with van der Waals surface area (Å²) in [5, 5.41) is 0.730. The van der Waals surface area contributed by atoms with Gasteiger partial charge in [0.05, 0.1) is 6.54 Å². The molecule has 0 radical (unpaired) electrons. The average Bonchev–Trinajstić information content (AvgIpc) is 2.59. The minimum atomic E-state index is -0.602. The van der Waals surface area contributed by atoms with Crippen LogP contribution in [-0.4, -0.2) is 30.3 Å². The van der Waals surface area contributed by atoms with Crippen molar-refractivity contribution >= 4 is 22.8 Å². The Morgan fingerprint density at radius 3 is 2.50 bits per heavy atom. The molecule has 132 valence electrons. The fourth-order valence-corrected chi connectivity index (χ4v) is 2.92. The summed E-state index contributed by atoms with van der Waals surface area (Å²) in [5.74, 6) is -0.982. The second-order valence-electron chi connectivity index (χ2n) is 6.13. The number of rotatable bonds is 4. The lowest BCUT2D eigenvalue weighted by molar-refractivity contribution is -0.118. The summed E-state index contributed by atoms with van der Waals surface area (Å²) in [6.07, 6.45) is 0. The van der Waals surface area contributed by atoms with Gasteiger partial charge in [0, 0.05) is 29.6 Å². The lowest BCUT2D eigenvalue weighted by Gasteiger charge is -2.15. The molecule has 2 aromatic carbocycles. The molecule has 0 fully saturated rings. The molecule has 0 atom stereocenters. The molecule has 0 saturated carbocycles. The number of benzene rings is 2. The molecule has 6 nitrogen and oxygen atoms in total. The van der Waals surface area contributed by atoms with Crippen LogP contribution in [-0.2, 0) is 4.79 Å². The molecule has 0 unspecified atom stereocenters. The number of hydrogen-bond acceptors (Lipinski definition) is 4. The molecule has 2 N–H and O–H groups in total. The molecule has 0 spiro atoms. The zero-order chi connectivity index (χ0) is 18.8. The Morgan fingerprint density at radius 2 is 1.81 bits per heavy atom. The minimum absolute atomic E-state index is 0.190. The number of likely N-dealkylation sites (N-methyl/N-ethyl adjacent to an activating group) is 1. The first kappa shape index (κ1) is 17.4. The van der Waals surface area contributed by atoms with E-state index in [1.54, 1.807) is 12.1 Å². The van der Waals surface area contributed by atoms with E-state index in [-0.39, 0.29) is 12.5 Å². The van der Waals surface area contributed by atoms with E-state index in [1.807, 2.05) is 31.2 Å². The summed E-state index contributed by atoms with van der Waals surface area (Å²) in [4.78, 5) is 36.7. The SMILES string of the molecule is Cc1ccccc1-c1cc(=O)oc2cc(C(=O)N(C)CC(N)=O)ccc12. The van der Waals surface area contributed by atoms with Gasteiger partial charge in [-0.25, -0.2) is 4.79 Å². The number of amides is 2. The second-order valence-corrected chi connectivity index (χ2v) is 6.13.